The first-order valence-corrected chi connectivity index (χ1v) is 9.01. The third-order valence-corrected chi connectivity index (χ3v) is 4.77. The van der Waals surface area contributed by atoms with E-state index in [2.05, 4.69) is 5.32 Å². The quantitative estimate of drug-likeness (QED) is 0.793. The predicted molar refractivity (Wildman–Crippen MR) is 105 cm³/mol. The Morgan fingerprint density at radius 1 is 1.15 bits per heavy atom. The second-order valence-electron chi connectivity index (χ2n) is 6.19. The Hall–Kier alpha value is -2.73. The summed E-state index contributed by atoms with van der Waals surface area (Å²) in [5.41, 5.74) is 2.41. The molecule has 0 bridgehead atoms. The molecule has 2 aromatic carbocycles. The lowest BCUT2D eigenvalue weighted by Gasteiger charge is -2.29. The van der Waals surface area contributed by atoms with E-state index in [0.717, 1.165) is 24.1 Å². The Bertz CT molecular complexity index is 869. The lowest BCUT2D eigenvalue weighted by atomic mass is 10.0. The lowest BCUT2D eigenvalue weighted by molar-refractivity contribution is -0.125. The van der Waals surface area contributed by atoms with Crippen molar-refractivity contribution >= 4 is 34.8 Å². The molecule has 2 amide bonds. The Kier molecular flexibility index (Phi) is 5.86. The molecule has 27 heavy (non-hydrogen) atoms. The molecule has 6 nitrogen and oxygen atoms in total. The number of amides is 2. The zero-order chi connectivity index (χ0) is 19.4. The highest BCUT2D eigenvalue weighted by Gasteiger charge is 2.24. The van der Waals surface area contributed by atoms with Gasteiger partial charge in [-0.15, -0.1) is 0 Å². The van der Waals surface area contributed by atoms with Gasteiger partial charge in [0.15, 0.2) is 0 Å². The van der Waals surface area contributed by atoms with Gasteiger partial charge in [0.2, 0.25) is 11.8 Å². The number of fused-ring (bicyclic) bond motifs is 1. The van der Waals surface area contributed by atoms with E-state index in [4.69, 9.17) is 21.1 Å². The van der Waals surface area contributed by atoms with E-state index in [0.29, 0.717) is 28.8 Å². The average Bonchev–Trinajstić information content (AvgIpc) is 2.68. The fourth-order valence-corrected chi connectivity index (χ4v) is 3.41. The molecule has 0 aromatic heterocycles. The number of nitrogens with one attached hydrogen (secondary N) is 1. The molecule has 0 saturated heterocycles. The molecule has 0 spiro atoms. The molecular weight excluding hydrogens is 368 g/mol. The van der Waals surface area contributed by atoms with Gasteiger partial charge in [-0.2, -0.15) is 0 Å². The van der Waals surface area contributed by atoms with Gasteiger partial charge in [-0.3, -0.25) is 9.59 Å². The van der Waals surface area contributed by atoms with Crippen molar-refractivity contribution in [3.05, 3.63) is 47.0 Å². The monoisotopic (exact) mass is 388 g/mol. The van der Waals surface area contributed by atoms with Gasteiger partial charge in [0.1, 0.15) is 17.9 Å². The van der Waals surface area contributed by atoms with E-state index in [1.54, 1.807) is 17.0 Å². The van der Waals surface area contributed by atoms with Crippen molar-refractivity contribution in [2.45, 2.75) is 19.3 Å². The molecular formula is C20H21ClN2O4. The normalized spacial score (nSPS) is 12.9. The maximum Gasteiger partial charge on any atom is 0.236 e. The van der Waals surface area contributed by atoms with E-state index in [9.17, 15) is 9.59 Å². The summed E-state index contributed by atoms with van der Waals surface area (Å²) in [4.78, 5) is 26.8. The van der Waals surface area contributed by atoms with Crippen molar-refractivity contribution in [2.24, 2.45) is 0 Å². The molecule has 3 rings (SSSR count). The maximum atomic E-state index is 12.7. The van der Waals surface area contributed by atoms with Crippen molar-refractivity contribution in [1.29, 1.82) is 0 Å². The number of hydrogen-bond acceptors (Lipinski definition) is 4. The number of methoxy groups -OCH3 is 2. The van der Waals surface area contributed by atoms with Gasteiger partial charge in [-0.1, -0.05) is 29.8 Å². The minimum Gasteiger partial charge on any atom is -0.495 e. The number of carbonyl (C=O) groups excluding carboxylic acids is 2. The summed E-state index contributed by atoms with van der Waals surface area (Å²) in [6.07, 6.45) is 1.56. The molecule has 0 aliphatic carbocycles. The number of anilines is 2. The van der Waals surface area contributed by atoms with Crippen LogP contribution in [-0.4, -0.2) is 32.6 Å². The molecule has 0 atom stereocenters. The van der Waals surface area contributed by atoms with Crippen LogP contribution in [-0.2, 0) is 16.0 Å². The number of nitrogens with zero attached hydrogens (tertiary/aromatic N) is 1. The standard InChI is InChI=1S/C20H21ClN2O4/c1-26-17-11-15(18(27-2)10-14(17)21)22-19(24)12-20(25)23-9-5-7-13-6-3-4-8-16(13)23/h3-4,6,8,10-11H,5,7,9,12H2,1-2H3,(H,22,24). The molecule has 2 aromatic rings. The summed E-state index contributed by atoms with van der Waals surface area (Å²) < 4.78 is 10.4. The minimum absolute atomic E-state index is 0.237. The second-order valence-corrected chi connectivity index (χ2v) is 6.60. The molecule has 0 radical (unpaired) electrons. The third-order valence-electron chi connectivity index (χ3n) is 4.47. The largest absolute Gasteiger partial charge is 0.495 e. The lowest BCUT2D eigenvalue weighted by Crippen LogP contribution is -2.37. The fourth-order valence-electron chi connectivity index (χ4n) is 3.18. The van der Waals surface area contributed by atoms with Gasteiger partial charge in [0, 0.05) is 24.4 Å². The van der Waals surface area contributed by atoms with Gasteiger partial charge in [-0.05, 0) is 24.5 Å². The molecule has 0 fully saturated rings. The number of carbonyl (C=O) groups is 2. The molecule has 1 aliphatic heterocycles. The number of ether oxygens (including phenoxy) is 2. The number of rotatable bonds is 5. The van der Waals surface area contributed by atoms with Crippen LogP contribution < -0.4 is 19.7 Å². The number of hydrogen-bond donors (Lipinski definition) is 1. The Balaban J connectivity index is 1.73. The van der Waals surface area contributed by atoms with Crippen LogP contribution in [0, 0.1) is 0 Å². The summed E-state index contributed by atoms with van der Waals surface area (Å²) in [6.45, 7) is 0.612. The summed E-state index contributed by atoms with van der Waals surface area (Å²) in [5, 5.41) is 3.08. The van der Waals surface area contributed by atoms with Crippen molar-refractivity contribution in [3.63, 3.8) is 0 Å². The van der Waals surface area contributed by atoms with E-state index < -0.39 is 5.91 Å². The van der Waals surface area contributed by atoms with Gasteiger partial charge >= 0.3 is 0 Å². The molecule has 1 heterocycles. The van der Waals surface area contributed by atoms with Gasteiger partial charge in [-0.25, -0.2) is 0 Å². The number of halogens is 1. The van der Waals surface area contributed by atoms with Gasteiger partial charge < -0.3 is 19.7 Å². The van der Waals surface area contributed by atoms with Crippen LogP contribution in [0.2, 0.25) is 5.02 Å². The van der Waals surface area contributed by atoms with E-state index in [1.165, 1.54) is 14.2 Å². The molecule has 142 valence electrons. The van der Waals surface area contributed by atoms with Crippen LogP contribution >= 0.6 is 11.6 Å². The minimum atomic E-state index is -0.425. The molecule has 0 unspecified atom stereocenters. The van der Waals surface area contributed by atoms with Gasteiger partial charge in [0.25, 0.3) is 0 Å². The second kappa shape index (κ2) is 8.31. The summed E-state index contributed by atoms with van der Waals surface area (Å²) >= 11 is 6.07. The number of aryl methyl sites for hydroxylation is 1. The summed E-state index contributed by atoms with van der Waals surface area (Å²) in [7, 11) is 2.96. The van der Waals surface area contributed by atoms with Crippen molar-refractivity contribution in [1.82, 2.24) is 0 Å². The topological polar surface area (TPSA) is 67.9 Å². The summed E-state index contributed by atoms with van der Waals surface area (Å²) in [5.74, 6) is 0.138. The SMILES string of the molecule is COc1cc(NC(=O)CC(=O)N2CCCc3ccccc32)c(OC)cc1Cl. The zero-order valence-corrected chi connectivity index (χ0v) is 16.0. The van der Waals surface area contributed by atoms with E-state index in [-0.39, 0.29) is 12.3 Å². The average molecular weight is 389 g/mol. The first-order valence-electron chi connectivity index (χ1n) is 8.63. The Morgan fingerprint density at radius 3 is 2.63 bits per heavy atom. The predicted octanol–water partition coefficient (Wildman–Crippen LogP) is 3.67. The van der Waals surface area contributed by atoms with Crippen LogP contribution in [0.1, 0.15) is 18.4 Å². The van der Waals surface area contributed by atoms with Crippen LogP contribution in [0.3, 0.4) is 0 Å². The van der Waals surface area contributed by atoms with E-state index in [1.807, 2.05) is 24.3 Å². The van der Waals surface area contributed by atoms with Crippen molar-refractivity contribution in [2.75, 3.05) is 31.0 Å². The summed E-state index contributed by atoms with van der Waals surface area (Å²) in [6, 6.07) is 10.9. The number of para-hydroxylation sites is 1. The third kappa shape index (κ3) is 4.17. The fraction of sp³-hybridized carbons (Fsp3) is 0.300. The van der Waals surface area contributed by atoms with Crippen LogP contribution in [0.15, 0.2) is 36.4 Å². The maximum absolute atomic E-state index is 12.7. The molecule has 0 saturated carbocycles. The van der Waals surface area contributed by atoms with E-state index >= 15 is 0 Å². The van der Waals surface area contributed by atoms with Crippen molar-refractivity contribution in [3.8, 4) is 11.5 Å². The molecule has 7 heteroatoms. The highest BCUT2D eigenvalue weighted by atomic mass is 35.5. The van der Waals surface area contributed by atoms with Gasteiger partial charge in [0.05, 0.1) is 24.9 Å². The van der Waals surface area contributed by atoms with Crippen molar-refractivity contribution < 1.29 is 19.1 Å². The Morgan fingerprint density at radius 2 is 1.89 bits per heavy atom. The highest BCUT2D eigenvalue weighted by Crippen LogP contribution is 2.36. The molecule has 1 N–H and O–H groups in total. The van der Waals surface area contributed by atoms with Crippen LogP contribution in [0.5, 0.6) is 11.5 Å². The molecule has 1 aliphatic rings. The van der Waals surface area contributed by atoms with Crippen LogP contribution in [0.4, 0.5) is 11.4 Å². The number of benzene rings is 2. The highest BCUT2D eigenvalue weighted by molar-refractivity contribution is 6.32. The zero-order valence-electron chi connectivity index (χ0n) is 15.3. The first kappa shape index (κ1) is 19.0. The Labute approximate surface area is 163 Å². The van der Waals surface area contributed by atoms with Crippen LogP contribution in [0.25, 0.3) is 0 Å². The first-order chi connectivity index (χ1) is 13.0. The smallest absolute Gasteiger partial charge is 0.236 e.